The van der Waals surface area contributed by atoms with Gasteiger partial charge in [-0.2, -0.15) is 0 Å². The Morgan fingerprint density at radius 2 is 1.94 bits per heavy atom. The van der Waals surface area contributed by atoms with Crippen LogP contribution in [0.15, 0.2) is 67.3 Å². The lowest BCUT2D eigenvalue weighted by Gasteiger charge is -2.27. The Morgan fingerprint density at radius 3 is 2.78 bits per heavy atom. The lowest BCUT2D eigenvalue weighted by atomic mass is 9.78. The second-order valence-corrected chi connectivity index (χ2v) is 8.74. The van der Waals surface area contributed by atoms with Gasteiger partial charge in [-0.15, -0.1) is 6.58 Å². The summed E-state index contributed by atoms with van der Waals surface area (Å²) in [5.74, 6) is 0.575. The fraction of sp³-hybridized carbons (Fsp3) is 0.357. The van der Waals surface area contributed by atoms with Gasteiger partial charge in [0, 0.05) is 11.8 Å². The van der Waals surface area contributed by atoms with E-state index < -0.39 is 5.97 Å². The van der Waals surface area contributed by atoms with Gasteiger partial charge in [0.2, 0.25) is 0 Å². The molecule has 1 aliphatic rings. The van der Waals surface area contributed by atoms with Gasteiger partial charge in [-0.3, -0.25) is 4.79 Å². The minimum atomic E-state index is -0.699. The van der Waals surface area contributed by atoms with Gasteiger partial charge in [0.1, 0.15) is 12.4 Å². The Kier molecular flexibility index (Phi) is 7.21. The van der Waals surface area contributed by atoms with Gasteiger partial charge >= 0.3 is 5.97 Å². The quantitative estimate of drug-likeness (QED) is 0.320. The van der Waals surface area contributed by atoms with Crippen molar-refractivity contribution in [2.45, 2.75) is 57.5 Å². The largest absolute Gasteiger partial charge is 0.487 e. The molecule has 0 aliphatic heterocycles. The molecule has 0 radical (unpaired) electrons. The molecule has 1 aromatic heterocycles. The molecule has 3 aromatic rings. The summed E-state index contributed by atoms with van der Waals surface area (Å²) in [6, 6.07) is 18.4. The maximum atomic E-state index is 11.5. The van der Waals surface area contributed by atoms with Crippen LogP contribution in [-0.4, -0.2) is 16.1 Å². The van der Waals surface area contributed by atoms with Gasteiger partial charge in [0.05, 0.1) is 11.2 Å². The Balaban J connectivity index is 1.54. The molecule has 1 aliphatic carbocycles. The predicted molar refractivity (Wildman–Crippen MR) is 128 cm³/mol. The van der Waals surface area contributed by atoms with Crippen LogP contribution in [0.5, 0.6) is 5.75 Å². The molecule has 0 spiro atoms. The van der Waals surface area contributed by atoms with Gasteiger partial charge in [-0.1, -0.05) is 55.7 Å². The minimum Gasteiger partial charge on any atom is -0.487 e. The number of fused-ring (bicyclic) bond motifs is 1. The first kappa shape index (κ1) is 22.1. The van der Waals surface area contributed by atoms with Crippen molar-refractivity contribution in [1.29, 1.82) is 0 Å². The number of aliphatic carboxylic acids is 1. The first-order chi connectivity index (χ1) is 15.6. The van der Waals surface area contributed by atoms with E-state index in [4.69, 9.17) is 9.72 Å². The van der Waals surface area contributed by atoms with Crippen LogP contribution < -0.4 is 4.74 Å². The van der Waals surface area contributed by atoms with Crippen molar-refractivity contribution < 1.29 is 14.6 Å². The van der Waals surface area contributed by atoms with E-state index in [1.54, 1.807) is 0 Å². The smallest absolute Gasteiger partial charge is 0.303 e. The number of benzene rings is 2. The zero-order valence-electron chi connectivity index (χ0n) is 18.5. The number of nitrogens with zero attached hydrogens (tertiary/aromatic N) is 1. The summed E-state index contributed by atoms with van der Waals surface area (Å²) in [7, 11) is 0. The average molecular weight is 430 g/mol. The molecule has 0 bridgehead atoms. The molecule has 2 aromatic carbocycles. The fourth-order valence-corrected chi connectivity index (χ4v) is 4.97. The summed E-state index contributed by atoms with van der Waals surface area (Å²) >= 11 is 0. The molecule has 0 saturated heterocycles. The van der Waals surface area contributed by atoms with Crippen LogP contribution in [0.1, 0.15) is 61.3 Å². The van der Waals surface area contributed by atoms with Crippen LogP contribution in [-0.2, 0) is 17.8 Å². The molecular formula is C28H31NO3. The van der Waals surface area contributed by atoms with E-state index in [9.17, 15) is 9.90 Å². The van der Waals surface area contributed by atoms with Gasteiger partial charge < -0.3 is 9.84 Å². The van der Waals surface area contributed by atoms with Gasteiger partial charge in [-0.25, -0.2) is 4.98 Å². The molecule has 2 atom stereocenters. The number of para-hydroxylation sites is 1. The number of allylic oxidation sites excluding steroid dienone is 1. The van der Waals surface area contributed by atoms with Crippen molar-refractivity contribution in [3.05, 3.63) is 84.1 Å². The Morgan fingerprint density at radius 1 is 1.09 bits per heavy atom. The van der Waals surface area contributed by atoms with Crippen molar-refractivity contribution in [2.75, 3.05) is 0 Å². The highest BCUT2D eigenvalue weighted by Gasteiger charge is 2.28. The van der Waals surface area contributed by atoms with Crippen LogP contribution in [0.4, 0.5) is 0 Å². The molecule has 4 rings (SSSR count). The third-order valence-corrected chi connectivity index (χ3v) is 6.52. The predicted octanol–water partition coefficient (Wildman–Crippen LogP) is 6.68. The van der Waals surface area contributed by atoms with E-state index in [1.165, 1.54) is 17.5 Å². The first-order valence-electron chi connectivity index (χ1n) is 11.6. The molecule has 32 heavy (non-hydrogen) atoms. The lowest BCUT2D eigenvalue weighted by molar-refractivity contribution is -0.138. The normalized spacial score (nSPS) is 18.8. The van der Waals surface area contributed by atoms with E-state index >= 15 is 0 Å². The standard InChI is InChI=1S/C28H31NO3/c1-2-8-21-17-24(32-19-23-14-13-20-9-6-7-12-27(20)29-23)15-16-26(21)25-11-5-3-4-10-22(25)18-28(30)31/h2,6-7,9,12-17,22,25H,1,3-5,8,10-11,18-19H2,(H,30,31). The van der Waals surface area contributed by atoms with Crippen LogP contribution >= 0.6 is 0 Å². The Bertz CT molecular complexity index is 1090. The summed E-state index contributed by atoms with van der Waals surface area (Å²) in [5.41, 5.74) is 4.30. The Labute approximate surface area is 190 Å². The van der Waals surface area contributed by atoms with E-state index in [-0.39, 0.29) is 18.3 Å². The summed E-state index contributed by atoms with van der Waals surface area (Å²) in [4.78, 5) is 16.2. The minimum absolute atomic E-state index is 0.187. The number of carbonyl (C=O) groups is 1. The lowest BCUT2D eigenvalue weighted by Crippen LogP contribution is -2.17. The van der Waals surface area contributed by atoms with E-state index in [0.717, 1.165) is 54.5 Å². The molecule has 0 amide bonds. The van der Waals surface area contributed by atoms with Crippen molar-refractivity contribution in [1.82, 2.24) is 4.98 Å². The SMILES string of the molecule is C=CCc1cc(OCc2ccc3ccccc3n2)ccc1C1CCCCCC1CC(=O)O. The second kappa shape index (κ2) is 10.4. The maximum absolute atomic E-state index is 11.5. The van der Waals surface area contributed by atoms with Gasteiger partial charge in [0.25, 0.3) is 0 Å². The van der Waals surface area contributed by atoms with Crippen LogP contribution in [0.3, 0.4) is 0 Å². The zero-order valence-corrected chi connectivity index (χ0v) is 18.5. The molecule has 2 unspecified atom stereocenters. The third-order valence-electron chi connectivity index (χ3n) is 6.52. The summed E-state index contributed by atoms with van der Waals surface area (Å²) in [6.45, 7) is 4.34. The molecule has 1 fully saturated rings. The number of ether oxygens (including phenoxy) is 1. The van der Waals surface area contributed by atoms with E-state index in [0.29, 0.717) is 6.61 Å². The van der Waals surface area contributed by atoms with Crippen molar-refractivity contribution in [3.8, 4) is 5.75 Å². The Hall–Kier alpha value is -3.14. The van der Waals surface area contributed by atoms with Crippen LogP contribution in [0, 0.1) is 5.92 Å². The molecule has 1 N–H and O–H groups in total. The third kappa shape index (κ3) is 5.37. The molecular weight excluding hydrogens is 398 g/mol. The number of hydrogen-bond donors (Lipinski definition) is 1. The highest BCUT2D eigenvalue weighted by atomic mass is 16.5. The molecule has 1 saturated carbocycles. The topological polar surface area (TPSA) is 59.4 Å². The number of aromatic nitrogens is 1. The molecule has 1 heterocycles. The van der Waals surface area contributed by atoms with E-state index in [2.05, 4.69) is 30.8 Å². The first-order valence-corrected chi connectivity index (χ1v) is 11.6. The number of carboxylic acids is 1. The summed E-state index contributed by atoms with van der Waals surface area (Å²) in [5, 5.41) is 10.6. The molecule has 4 nitrogen and oxygen atoms in total. The molecule has 166 valence electrons. The van der Waals surface area contributed by atoms with Crippen LogP contribution in [0.2, 0.25) is 0 Å². The maximum Gasteiger partial charge on any atom is 0.303 e. The number of hydrogen-bond acceptors (Lipinski definition) is 3. The highest BCUT2D eigenvalue weighted by Crippen LogP contribution is 2.40. The zero-order chi connectivity index (χ0) is 22.3. The summed E-state index contributed by atoms with van der Waals surface area (Å²) in [6.07, 6.45) is 8.38. The number of rotatable bonds is 8. The summed E-state index contributed by atoms with van der Waals surface area (Å²) < 4.78 is 6.10. The number of carboxylic acid groups (broad SMARTS) is 1. The highest BCUT2D eigenvalue weighted by molar-refractivity contribution is 5.78. The van der Waals surface area contributed by atoms with Crippen molar-refractivity contribution in [3.63, 3.8) is 0 Å². The van der Waals surface area contributed by atoms with Crippen molar-refractivity contribution in [2.24, 2.45) is 5.92 Å². The number of pyridine rings is 1. The van der Waals surface area contributed by atoms with E-state index in [1.807, 2.05) is 36.4 Å². The van der Waals surface area contributed by atoms with Gasteiger partial charge in [-0.05, 0) is 66.5 Å². The van der Waals surface area contributed by atoms with Crippen molar-refractivity contribution >= 4 is 16.9 Å². The average Bonchev–Trinajstić information content (AvgIpc) is 3.03. The monoisotopic (exact) mass is 429 g/mol. The fourth-order valence-electron chi connectivity index (χ4n) is 4.97. The van der Waals surface area contributed by atoms with Crippen LogP contribution in [0.25, 0.3) is 10.9 Å². The van der Waals surface area contributed by atoms with Gasteiger partial charge in [0.15, 0.2) is 0 Å². The second-order valence-electron chi connectivity index (χ2n) is 8.74. The molecule has 4 heteroatoms.